The molecule has 2 atom stereocenters. The molecule has 1 aromatic heterocycles. The molecule has 1 heterocycles. The lowest BCUT2D eigenvalue weighted by molar-refractivity contribution is -0.000828. The predicted molar refractivity (Wildman–Crippen MR) is 68.1 cm³/mol. The quantitative estimate of drug-likeness (QED) is 0.815. The van der Waals surface area contributed by atoms with Gasteiger partial charge in [0.15, 0.2) is 0 Å². The topological polar surface area (TPSA) is 58.0 Å². The molecule has 0 radical (unpaired) electrons. The van der Waals surface area contributed by atoms with Gasteiger partial charge in [0, 0.05) is 12.6 Å². The lowest BCUT2D eigenvalue weighted by Crippen LogP contribution is -2.41. The summed E-state index contributed by atoms with van der Waals surface area (Å²) in [6.45, 7) is 2.70. The third kappa shape index (κ3) is 3.54. The number of aliphatic hydroxyl groups is 1. The van der Waals surface area contributed by atoms with Crippen LogP contribution >= 0.6 is 11.6 Å². The van der Waals surface area contributed by atoms with Gasteiger partial charge in [-0.25, -0.2) is 9.97 Å². The van der Waals surface area contributed by atoms with Crippen molar-refractivity contribution in [3.8, 4) is 0 Å². The Hall–Kier alpha value is -0.870. The van der Waals surface area contributed by atoms with Crippen molar-refractivity contribution >= 4 is 17.4 Å². The van der Waals surface area contributed by atoms with E-state index in [1.165, 1.54) is 12.7 Å². The van der Waals surface area contributed by atoms with Crippen LogP contribution in [0.2, 0.25) is 5.15 Å². The molecule has 1 saturated carbocycles. The van der Waals surface area contributed by atoms with E-state index < -0.39 is 5.60 Å². The summed E-state index contributed by atoms with van der Waals surface area (Å²) < 4.78 is 0. The molecule has 0 bridgehead atoms. The van der Waals surface area contributed by atoms with E-state index in [-0.39, 0.29) is 0 Å². The van der Waals surface area contributed by atoms with Crippen LogP contribution in [0.1, 0.15) is 32.6 Å². The van der Waals surface area contributed by atoms with Crippen LogP contribution in [0.25, 0.3) is 0 Å². The van der Waals surface area contributed by atoms with Crippen molar-refractivity contribution in [3.05, 3.63) is 17.5 Å². The Labute approximate surface area is 106 Å². The first-order valence-corrected chi connectivity index (χ1v) is 6.39. The van der Waals surface area contributed by atoms with E-state index in [1.807, 2.05) is 0 Å². The maximum absolute atomic E-state index is 10.4. The smallest absolute Gasteiger partial charge is 0.134 e. The summed E-state index contributed by atoms with van der Waals surface area (Å²) in [5.41, 5.74) is -0.616. The van der Waals surface area contributed by atoms with Crippen LogP contribution in [0, 0.1) is 5.92 Å². The first kappa shape index (κ1) is 12.6. The maximum atomic E-state index is 10.4. The van der Waals surface area contributed by atoms with Gasteiger partial charge in [-0.15, -0.1) is 0 Å². The van der Waals surface area contributed by atoms with Crippen molar-refractivity contribution in [2.75, 3.05) is 11.9 Å². The fraction of sp³-hybridized carbons (Fsp3) is 0.667. The van der Waals surface area contributed by atoms with E-state index >= 15 is 0 Å². The maximum Gasteiger partial charge on any atom is 0.134 e. The molecule has 1 aromatic rings. The average Bonchev–Trinajstić information content (AvgIpc) is 2.26. The summed E-state index contributed by atoms with van der Waals surface area (Å²) in [6, 6.07) is 1.66. The molecule has 0 amide bonds. The highest BCUT2D eigenvalue weighted by atomic mass is 35.5. The number of halogens is 1. The zero-order valence-electron chi connectivity index (χ0n) is 9.99. The van der Waals surface area contributed by atoms with Gasteiger partial charge < -0.3 is 10.4 Å². The molecule has 94 valence electrons. The second kappa shape index (κ2) is 5.19. The highest BCUT2D eigenvalue weighted by Gasteiger charge is 2.32. The normalized spacial score (nSPS) is 29.0. The van der Waals surface area contributed by atoms with Crippen molar-refractivity contribution < 1.29 is 5.11 Å². The fourth-order valence-electron chi connectivity index (χ4n) is 2.48. The van der Waals surface area contributed by atoms with Crippen molar-refractivity contribution in [2.24, 2.45) is 5.92 Å². The Morgan fingerprint density at radius 3 is 3.12 bits per heavy atom. The van der Waals surface area contributed by atoms with E-state index in [2.05, 4.69) is 22.2 Å². The highest BCUT2D eigenvalue weighted by Crippen LogP contribution is 2.32. The van der Waals surface area contributed by atoms with Crippen LogP contribution in [0.5, 0.6) is 0 Å². The molecule has 2 N–H and O–H groups in total. The SMILES string of the molecule is CC1CCCC(O)(CNc2cc(Cl)ncn2)C1. The molecule has 2 unspecified atom stereocenters. The Morgan fingerprint density at radius 2 is 2.41 bits per heavy atom. The Morgan fingerprint density at radius 1 is 1.59 bits per heavy atom. The number of nitrogens with one attached hydrogen (secondary N) is 1. The van der Waals surface area contributed by atoms with Crippen molar-refractivity contribution in [1.82, 2.24) is 9.97 Å². The first-order valence-electron chi connectivity index (χ1n) is 6.01. The number of anilines is 1. The van der Waals surface area contributed by atoms with Crippen LogP contribution < -0.4 is 5.32 Å². The molecule has 5 heteroatoms. The zero-order valence-corrected chi connectivity index (χ0v) is 10.7. The minimum atomic E-state index is -0.616. The van der Waals surface area contributed by atoms with Gasteiger partial charge in [0.2, 0.25) is 0 Å². The number of hydrogen-bond acceptors (Lipinski definition) is 4. The molecule has 1 fully saturated rings. The third-order valence-corrected chi connectivity index (χ3v) is 3.51. The van der Waals surface area contributed by atoms with Crippen LogP contribution in [0.15, 0.2) is 12.4 Å². The van der Waals surface area contributed by atoms with Gasteiger partial charge in [-0.2, -0.15) is 0 Å². The number of nitrogens with zero attached hydrogens (tertiary/aromatic N) is 2. The van der Waals surface area contributed by atoms with Gasteiger partial charge in [0.1, 0.15) is 17.3 Å². The minimum absolute atomic E-state index is 0.409. The lowest BCUT2D eigenvalue weighted by Gasteiger charge is -2.35. The predicted octanol–water partition coefficient (Wildman–Crippen LogP) is 2.48. The van der Waals surface area contributed by atoms with E-state index in [0.717, 1.165) is 19.3 Å². The van der Waals surface area contributed by atoms with Crippen LogP contribution in [0.4, 0.5) is 5.82 Å². The summed E-state index contributed by atoms with van der Waals surface area (Å²) in [5.74, 6) is 1.25. The van der Waals surface area contributed by atoms with Gasteiger partial charge >= 0.3 is 0 Å². The minimum Gasteiger partial charge on any atom is -0.388 e. The van der Waals surface area contributed by atoms with Crippen molar-refractivity contribution in [1.29, 1.82) is 0 Å². The largest absolute Gasteiger partial charge is 0.388 e. The standard InChI is InChI=1S/C12H18ClN3O/c1-9-3-2-4-12(17,6-9)7-14-11-5-10(13)15-8-16-11/h5,8-9,17H,2-4,6-7H2,1H3,(H,14,15,16). The first-order chi connectivity index (χ1) is 8.07. The summed E-state index contributed by atoms with van der Waals surface area (Å²) >= 11 is 5.77. The summed E-state index contributed by atoms with van der Waals surface area (Å²) in [5, 5.41) is 14.0. The molecule has 0 aromatic carbocycles. The zero-order chi connectivity index (χ0) is 12.3. The number of hydrogen-bond donors (Lipinski definition) is 2. The van der Waals surface area contributed by atoms with Gasteiger partial charge in [0.05, 0.1) is 5.60 Å². The van der Waals surface area contributed by atoms with E-state index in [9.17, 15) is 5.11 Å². The molecular formula is C12H18ClN3O. The second-order valence-corrected chi connectivity index (χ2v) is 5.39. The molecule has 0 spiro atoms. The van der Waals surface area contributed by atoms with E-state index in [1.54, 1.807) is 6.07 Å². The van der Waals surface area contributed by atoms with Gasteiger partial charge in [-0.3, -0.25) is 0 Å². The van der Waals surface area contributed by atoms with Crippen LogP contribution in [-0.2, 0) is 0 Å². The Balaban J connectivity index is 1.93. The number of aromatic nitrogens is 2. The third-order valence-electron chi connectivity index (χ3n) is 3.30. The molecule has 17 heavy (non-hydrogen) atoms. The van der Waals surface area contributed by atoms with Crippen molar-refractivity contribution in [3.63, 3.8) is 0 Å². The summed E-state index contributed by atoms with van der Waals surface area (Å²) in [7, 11) is 0. The average molecular weight is 256 g/mol. The van der Waals surface area contributed by atoms with E-state index in [0.29, 0.717) is 23.4 Å². The van der Waals surface area contributed by atoms with Gasteiger partial charge in [-0.1, -0.05) is 31.4 Å². The van der Waals surface area contributed by atoms with Crippen LogP contribution in [-0.4, -0.2) is 27.2 Å². The molecule has 0 saturated heterocycles. The van der Waals surface area contributed by atoms with Crippen molar-refractivity contribution in [2.45, 2.75) is 38.2 Å². The highest BCUT2D eigenvalue weighted by molar-refractivity contribution is 6.29. The number of rotatable bonds is 3. The lowest BCUT2D eigenvalue weighted by atomic mass is 9.79. The van der Waals surface area contributed by atoms with E-state index in [4.69, 9.17) is 11.6 Å². The monoisotopic (exact) mass is 255 g/mol. The van der Waals surface area contributed by atoms with Gasteiger partial charge in [-0.05, 0) is 18.8 Å². The summed E-state index contributed by atoms with van der Waals surface area (Å²) in [6.07, 6.45) is 5.41. The molecule has 2 rings (SSSR count). The second-order valence-electron chi connectivity index (χ2n) is 5.01. The Kier molecular flexibility index (Phi) is 3.84. The molecule has 1 aliphatic rings. The van der Waals surface area contributed by atoms with Crippen LogP contribution in [0.3, 0.4) is 0 Å². The summed E-state index contributed by atoms with van der Waals surface area (Å²) in [4.78, 5) is 7.87. The van der Waals surface area contributed by atoms with Gasteiger partial charge in [0.25, 0.3) is 0 Å². The molecule has 0 aliphatic heterocycles. The fourth-order valence-corrected chi connectivity index (χ4v) is 2.63. The molecule has 1 aliphatic carbocycles. The Bertz CT molecular complexity index is 388. The molecule has 4 nitrogen and oxygen atoms in total. The molecular weight excluding hydrogens is 238 g/mol.